The minimum absolute atomic E-state index is 0.0287. The molecule has 1 saturated heterocycles. The molecular formula is C19H20ClN3O4. The number of hydrogen-bond donors (Lipinski definition) is 1. The predicted octanol–water partition coefficient (Wildman–Crippen LogP) is 2.24. The Hall–Kier alpha value is -2.41. The van der Waals surface area contributed by atoms with Crippen molar-refractivity contribution >= 4 is 34.9 Å². The number of carbonyl (C=O) groups is 3. The zero-order valence-electron chi connectivity index (χ0n) is 15.0. The van der Waals surface area contributed by atoms with E-state index >= 15 is 0 Å². The second-order valence-corrected chi connectivity index (χ2v) is 7.81. The maximum atomic E-state index is 12.7. The molecule has 0 bridgehead atoms. The number of ether oxygens (including phenoxy) is 1. The molecule has 8 heteroatoms. The van der Waals surface area contributed by atoms with Gasteiger partial charge in [-0.15, -0.1) is 0 Å². The van der Waals surface area contributed by atoms with Gasteiger partial charge in [0.15, 0.2) is 5.78 Å². The Morgan fingerprint density at radius 2 is 2.00 bits per heavy atom. The maximum absolute atomic E-state index is 12.7. The highest BCUT2D eigenvalue weighted by molar-refractivity contribution is 6.39. The third-order valence-electron chi connectivity index (χ3n) is 5.45. The molecule has 1 aromatic rings. The average molecular weight is 390 g/mol. The third-order valence-corrected chi connectivity index (χ3v) is 5.67. The van der Waals surface area contributed by atoms with Gasteiger partial charge in [-0.05, 0) is 24.6 Å². The lowest BCUT2D eigenvalue weighted by atomic mass is 9.82. The Balaban J connectivity index is 1.48. The summed E-state index contributed by atoms with van der Waals surface area (Å²) < 4.78 is 6.30. The van der Waals surface area contributed by atoms with Gasteiger partial charge < -0.3 is 9.64 Å². The van der Waals surface area contributed by atoms with E-state index in [1.807, 2.05) is 6.92 Å². The summed E-state index contributed by atoms with van der Waals surface area (Å²) in [6.45, 7) is 2.85. The Bertz CT molecular complexity index is 872. The fourth-order valence-electron chi connectivity index (χ4n) is 3.92. The van der Waals surface area contributed by atoms with E-state index in [1.54, 1.807) is 17.0 Å². The molecule has 1 spiro atoms. The first-order chi connectivity index (χ1) is 12.9. The second-order valence-electron chi connectivity index (χ2n) is 7.37. The van der Waals surface area contributed by atoms with E-state index in [4.69, 9.17) is 16.3 Å². The van der Waals surface area contributed by atoms with Crippen LogP contribution >= 0.6 is 11.6 Å². The lowest BCUT2D eigenvalue weighted by Crippen LogP contribution is -2.53. The summed E-state index contributed by atoms with van der Waals surface area (Å²) in [5.74, 6) is 0.304. The molecule has 0 radical (unpaired) electrons. The van der Waals surface area contributed by atoms with Crippen LogP contribution in [0.3, 0.4) is 0 Å². The molecule has 0 saturated carbocycles. The van der Waals surface area contributed by atoms with Gasteiger partial charge in [0.2, 0.25) is 5.91 Å². The summed E-state index contributed by atoms with van der Waals surface area (Å²) in [7, 11) is 0. The number of hydrazone groups is 1. The summed E-state index contributed by atoms with van der Waals surface area (Å²) in [4.78, 5) is 38.2. The van der Waals surface area contributed by atoms with Crippen molar-refractivity contribution in [2.75, 3.05) is 13.1 Å². The number of piperidine rings is 1. The van der Waals surface area contributed by atoms with Crippen molar-refractivity contribution in [3.8, 4) is 5.75 Å². The number of rotatable bonds is 1. The van der Waals surface area contributed by atoms with Crippen molar-refractivity contribution < 1.29 is 19.1 Å². The minimum Gasteiger partial charge on any atom is -0.486 e. The molecule has 7 nitrogen and oxygen atoms in total. The number of aryl methyl sites for hydroxylation is 1. The van der Waals surface area contributed by atoms with Crippen LogP contribution in [-0.4, -0.2) is 46.9 Å². The molecule has 142 valence electrons. The van der Waals surface area contributed by atoms with E-state index in [9.17, 15) is 14.4 Å². The number of amides is 2. The molecule has 0 unspecified atom stereocenters. The maximum Gasteiger partial charge on any atom is 0.270 e. The third kappa shape index (κ3) is 3.32. The first kappa shape index (κ1) is 18.0. The highest BCUT2D eigenvalue weighted by Crippen LogP contribution is 2.42. The van der Waals surface area contributed by atoms with Crippen molar-refractivity contribution in [2.24, 2.45) is 5.10 Å². The minimum atomic E-state index is -0.581. The molecule has 2 amide bonds. The van der Waals surface area contributed by atoms with Gasteiger partial charge in [0.25, 0.3) is 5.91 Å². The molecule has 27 heavy (non-hydrogen) atoms. The number of likely N-dealkylation sites (tertiary alicyclic amines) is 1. The van der Waals surface area contributed by atoms with Crippen LogP contribution in [0.4, 0.5) is 0 Å². The summed E-state index contributed by atoms with van der Waals surface area (Å²) in [6, 6.07) is 3.45. The number of nitrogens with one attached hydrogen (secondary N) is 1. The van der Waals surface area contributed by atoms with Crippen LogP contribution in [0, 0.1) is 6.92 Å². The highest BCUT2D eigenvalue weighted by Gasteiger charge is 2.44. The molecule has 3 heterocycles. The van der Waals surface area contributed by atoms with E-state index in [1.165, 1.54) is 0 Å². The SMILES string of the molecule is Cc1cc(Cl)cc2c1OC1(CCN(C(=O)C3=NNC(=O)CC3)CC1)CC2=O. The molecule has 1 fully saturated rings. The molecule has 3 aliphatic rings. The first-order valence-corrected chi connectivity index (χ1v) is 9.42. The van der Waals surface area contributed by atoms with Gasteiger partial charge >= 0.3 is 0 Å². The van der Waals surface area contributed by atoms with Crippen LogP contribution < -0.4 is 10.2 Å². The topological polar surface area (TPSA) is 88.1 Å². The molecular weight excluding hydrogens is 370 g/mol. The summed E-state index contributed by atoms with van der Waals surface area (Å²) in [5, 5.41) is 4.41. The van der Waals surface area contributed by atoms with Gasteiger partial charge in [0, 0.05) is 43.8 Å². The normalized spacial score (nSPS) is 21.3. The van der Waals surface area contributed by atoms with Crippen LogP contribution in [-0.2, 0) is 9.59 Å². The van der Waals surface area contributed by atoms with Gasteiger partial charge in [-0.25, -0.2) is 5.43 Å². The number of benzene rings is 1. The first-order valence-electron chi connectivity index (χ1n) is 9.04. The quantitative estimate of drug-likeness (QED) is 0.797. The number of hydrogen-bond acceptors (Lipinski definition) is 5. The van der Waals surface area contributed by atoms with Gasteiger partial charge in [-0.3, -0.25) is 14.4 Å². The zero-order valence-corrected chi connectivity index (χ0v) is 15.8. The number of nitrogens with zero attached hydrogens (tertiary/aromatic N) is 2. The molecule has 4 rings (SSSR count). The van der Waals surface area contributed by atoms with Crippen molar-refractivity contribution in [1.82, 2.24) is 10.3 Å². The fraction of sp³-hybridized carbons (Fsp3) is 0.474. The Morgan fingerprint density at radius 1 is 1.26 bits per heavy atom. The largest absolute Gasteiger partial charge is 0.486 e. The number of ketones is 1. The monoisotopic (exact) mass is 389 g/mol. The predicted molar refractivity (Wildman–Crippen MR) is 99.1 cm³/mol. The number of Topliss-reactive ketones (excluding diaryl/α,β-unsaturated/α-hetero) is 1. The van der Waals surface area contributed by atoms with Crippen molar-refractivity contribution in [3.63, 3.8) is 0 Å². The highest BCUT2D eigenvalue weighted by atomic mass is 35.5. The Labute approximate surface area is 161 Å². The van der Waals surface area contributed by atoms with Crippen LogP contribution in [0.1, 0.15) is 48.0 Å². The van der Waals surface area contributed by atoms with Crippen molar-refractivity contribution in [3.05, 3.63) is 28.3 Å². The van der Waals surface area contributed by atoms with Gasteiger partial charge in [-0.1, -0.05) is 11.6 Å². The van der Waals surface area contributed by atoms with Gasteiger partial charge in [0.1, 0.15) is 17.1 Å². The summed E-state index contributed by atoms with van der Waals surface area (Å²) in [5.41, 5.74) is 3.54. The van der Waals surface area contributed by atoms with Crippen LogP contribution in [0.2, 0.25) is 5.02 Å². The molecule has 1 N–H and O–H groups in total. The summed E-state index contributed by atoms with van der Waals surface area (Å²) >= 11 is 6.07. The van der Waals surface area contributed by atoms with Gasteiger partial charge in [-0.2, -0.15) is 5.10 Å². The van der Waals surface area contributed by atoms with E-state index < -0.39 is 5.60 Å². The van der Waals surface area contributed by atoms with Crippen LogP contribution in [0.15, 0.2) is 17.2 Å². The van der Waals surface area contributed by atoms with Crippen molar-refractivity contribution in [1.29, 1.82) is 0 Å². The zero-order chi connectivity index (χ0) is 19.2. The lowest BCUT2D eigenvalue weighted by Gasteiger charge is -2.44. The molecule has 0 aromatic heterocycles. The average Bonchev–Trinajstić information content (AvgIpc) is 2.64. The van der Waals surface area contributed by atoms with Crippen molar-refractivity contribution in [2.45, 2.75) is 44.6 Å². The standard InChI is InChI=1S/C19H20ClN3O4/c1-11-8-12(20)9-13-15(24)10-19(27-17(11)13)4-6-23(7-5-19)18(26)14-2-3-16(25)22-21-14/h8-9H,2-7,10H2,1H3,(H,22,25). The molecule has 0 atom stereocenters. The van der Waals surface area contributed by atoms with E-state index in [2.05, 4.69) is 10.5 Å². The fourth-order valence-corrected chi connectivity index (χ4v) is 4.19. The molecule has 1 aromatic carbocycles. The smallest absolute Gasteiger partial charge is 0.270 e. The Kier molecular flexibility index (Phi) is 4.42. The van der Waals surface area contributed by atoms with E-state index in [0.29, 0.717) is 60.8 Å². The lowest BCUT2D eigenvalue weighted by molar-refractivity contribution is -0.128. The second kappa shape index (κ2) is 6.64. The number of fused-ring (bicyclic) bond motifs is 1. The number of halogens is 1. The van der Waals surface area contributed by atoms with E-state index in [-0.39, 0.29) is 24.0 Å². The number of carbonyl (C=O) groups excluding carboxylic acids is 3. The molecule has 0 aliphatic carbocycles. The molecule has 3 aliphatic heterocycles. The van der Waals surface area contributed by atoms with Crippen LogP contribution in [0.25, 0.3) is 0 Å². The van der Waals surface area contributed by atoms with Gasteiger partial charge in [0.05, 0.1) is 12.0 Å². The van der Waals surface area contributed by atoms with Crippen LogP contribution in [0.5, 0.6) is 5.75 Å². The van der Waals surface area contributed by atoms with E-state index in [0.717, 1.165) is 5.56 Å². The summed E-state index contributed by atoms with van der Waals surface area (Å²) in [6.07, 6.45) is 2.07. The Morgan fingerprint density at radius 3 is 2.67 bits per heavy atom.